The number of rotatable bonds is 6. The molecular formula is C16H24N2O2. The van der Waals surface area contributed by atoms with Gasteiger partial charge in [-0.25, -0.2) is 0 Å². The molecule has 1 heterocycles. The molecule has 0 radical (unpaired) electrons. The van der Waals surface area contributed by atoms with E-state index in [-0.39, 0.29) is 0 Å². The van der Waals surface area contributed by atoms with Crippen molar-refractivity contribution in [3.8, 4) is 0 Å². The molecule has 0 amide bonds. The van der Waals surface area contributed by atoms with Gasteiger partial charge in [-0.1, -0.05) is 6.42 Å². The number of aromatic nitrogens is 1. The molecule has 3 rings (SSSR count). The van der Waals surface area contributed by atoms with Gasteiger partial charge in [0, 0.05) is 37.0 Å². The number of nitrogens with one attached hydrogen (secondary N) is 1. The molecule has 0 aliphatic heterocycles. The Hall–Kier alpha value is -0.970. The Morgan fingerprint density at radius 1 is 1.45 bits per heavy atom. The molecule has 4 nitrogen and oxygen atoms in total. The topological polar surface area (TPSA) is 54.4 Å². The lowest BCUT2D eigenvalue weighted by Crippen LogP contribution is -2.67. The monoisotopic (exact) mass is 276 g/mol. The molecule has 1 aromatic heterocycles. The van der Waals surface area contributed by atoms with Crippen LogP contribution in [0.2, 0.25) is 0 Å². The minimum atomic E-state index is -0.457. The third-order valence-corrected chi connectivity index (χ3v) is 5.09. The molecule has 2 saturated carbocycles. The molecule has 2 N–H and O–H groups in total. The number of aliphatic hydroxyl groups is 1. The summed E-state index contributed by atoms with van der Waals surface area (Å²) in [6.45, 7) is 3.48. The normalized spacial score (nSPS) is 28.7. The van der Waals surface area contributed by atoms with Crippen molar-refractivity contribution in [1.82, 2.24) is 10.3 Å². The summed E-state index contributed by atoms with van der Waals surface area (Å²) < 4.78 is 5.85. The van der Waals surface area contributed by atoms with Crippen LogP contribution in [-0.2, 0) is 4.74 Å². The lowest BCUT2D eigenvalue weighted by atomic mass is 9.51. The quantitative estimate of drug-likeness (QED) is 0.835. The molecule has 2 aliphatic rings. The van der Waals surface area contributed by atoms with Crippen molar-refractivity contribution in [2.75, 3.05) is 13.2 Å². The van der Waals surface area contributed by atoms with Gasteiger partial charge in [-0.2, -0.15) is 0 Å². The lowest BCUT2D eigenvalue weighted by Gasteiger charge is -2.61. The number of hydrogen-bond acceptors (Lipinski definition) is 4. The Labute approximate surface area is 120 Å². The van der Waals surface area contributed by atoms with Crippen LogP contribution < -0.4 is 5.32 Å². The predicted molar refractivity (Wildman–Crippen MR) is 77.3 cm³/mol. The fraction of sp³-hybridized carbons (Fsp3) is 0.688. The van der Waals surface area contributed by atoms with Gasteiger partial charge < -0.3 is 15.2 Å². The lowest BCUT2D eigenvalue weighted by molar-refractivity contribution is -0.173. The molecule has 0 aromatic carbocycles. The van der Waals surface area contributed by atoms with E-state index in [2.05, 4.69) is 17.2 Å². The summed E-state index contributed by atoms with van der Waals surface area (Å²) in [7, 11) is 0. The van der Waals surface area contributed by atoms with Gasteiger partial charge in [-0.05, 0) is 43.9 Å². The van der Waals surface area contributed by atoms with Crippen molar-refractivity contribution >= 4 is 0 Å². The summed E-state index contributed by atoms with van der Waals surface area (Å²) in [5.41, 5.74) is 1.28. The van der Waals surface area contributed by atoms with E-state index in [9.17, 15) is 5.11 Å². The van der Waals surface area contributed by atoms with Crippen LogP contribution in [-0.4, -0.2) is 35.4 Å². The third-order valence-electron chi connectivity index (χ3n) is 5.09. The van der Waals surface area contributed by atoms with E-state index in [1.807, 2.05) is 12.1 Å². The van der Waals surface area contributed by atoms with Crippen LogP contribution in [0.3, 0.4) is 0 Å². The molecule has 0 bridgehead atoms. The summed E-state index contributed by atoms with van der Waals surface area (Å²) in [6, 6.07) is 4.24. The SMILES string of the molecule is CCOC1CC(NCC(O)c2ccncc2)C12CCC2. The number of ether oxygens (including phenoxy) is 1. The van der Waals surface area contributed by atoms with Crippen molar-refractivity contribution in [3.05, 3.63) is 30.1 Å². The molecule has 1 spiro atoms. The summed E-state index contributed by atoms with van der Waals surface area (Å²) in [6.07, 6.45) is 8.34. The van der Waals surface area contributed by atoms with Crippen LogP contribution in [0.15, 0.2) is 24.5 Å². The van der Waals surface area contributed by atoms with E-state index >= 15 is 0 Å². The molecule has 4 heteroatoms. The maximum Gasteiger partial charge on any atom is 0.0915 e. The Kier molecular flexibility index (Phi) is 4.06. The van der Waals surface area contributed by atoms with E-state index in [0.29, 0.717) is 24.1 Å². The highest BCUT2D eigenvalue weighted by Crippen LogP contribution is 2.57. The Balaban J connectivity index is 1.52. The predicted octanol–water partition coefficient (Wildman–Crippen LogP) is 2.05. The molecule has 3 atom stereocenters. The molecule has 20 heavy (non-hydrogen) atoms. The van der Waals surface area contributed by atoms with Crippen molar-refractivity contribution in [2.45, 2.75) is 50.9 Å². The van der Waals surface area contributed by atoms with E-state index < -0.39 is 6.10 Å². The Morgan fingerprint density at radius 2 is 2.20 bits per heavy atom. The summed E-state index contributed by atoms with van der Waals surface area (Å²) in [5.74, 6) is 0. The fourth-order valence-electron chi connectivity index (χ4n) is 3.68. The number of pyridine rings is 1. The van der Waals surface area contributed by atoms with Gasteiger partial charge in [0.25, 0.3) is 0 Å². The van der Waals surface area contributed by atoms with E-state index in [1.165, 1.54) is 19.3 Å². The minimum absolute atomic E-state index is 0.355. The van der Waals surface area contributed by atoms with Crippen molar-refractivity contribution < 1.29 is 9.84 Å². The highest BCUT2D eigenvalue weighted by atomic mass is 16.5. The molecule has 2 fully saturated rings. The van der Waals surface area contributed by atoms with Crippen LogP contribution in [0.5, 0.6) is 0 Å². The summed E-state index contributed by atoms with van der Waals surface area (Å²) in [5, 5.41) is 13.7. The van der Waals surface area contributed by atoms with Gasteiger partial charge in [0.2, 0.25) is 0 Å². The first-order chi connectivity index (χ1) is 9.76. The Bertz CT molecular complexity index is 433. The van der Waals surface area contributed by atoms with E-state index in [0.717, 1.165) is 18.6 Å². The van der Waals surface area contributed by atoms with Crippen molar-refractivity contribution in [2.24, 2.45) is 5.41 Å². The summed E-state index contributed by atoms with van der Waals surface area (Å²) in [4.78, 5) is 3.98. The highest BCUT2D eigenvalue weighted by molar-refractivity contribution is 5.15. The molecule has 1 aromatic rings. The smallest absolute Gasteiger partial charge is 0.0915 e. The number of nitrogens with zero attached hydrogens (tertiary/aromatic N) is 1. The van der Waals surface area contributed by atoms with Crippen LogP contribution in [0.4, 0.5) is 0 Å². The highest BCUT2D eigenvalue weighted by Gasteiger charge is 2.58. The zero-order valence-corrected chi connectivity index (χ0v) is 12.1. The molecule has 2 aliphatic carbocycles. The zero-order chi connectivity index (χ0) is 14.0. The van der Waals surface area contributed by atoms with Gasteiger partial charge in [0.1, 0.15) is 0 Å². The minimum Gasteiger partial charge on any atom is -0.387 e. The third kappa shape index (κ3) is 2.36. The van der Waals surface area contributed by atoms with Gasteiger partial charge >= 0.3 is 0 Å². The fourth-order valence-corrected chi connectivity index (χ4v) is 3.68. The van der Waals surface area contributed by atoms with E-state index in [4.69, 9.17) is 4.74 Å². The second-order valence-electron chi connectivity index (χ2n) is 6.02. The van der Waals surface area contributed by atoms with Gasteiger partial charge in [0.15, 0.2) is 0 Å². The Morgan fingerprint density at radius 3 is 2.80 bits per heavy atom. The largest absolute Gasteiger partial charge is 0.387 e. The van der Waals surface area contributed by atoms with Crippen LogP contribution >= 0.6 is 0 Å². The molecular weight excluding hydrogens is 252 g/mol. The first-order valence-electron chi connectivity index (χ1n) is 7.69. The van der Waals surface area contributed by atoms with Gasteiger partial charge in [0.05, 0.1) is 12.2 Å². The number of hydrogen-bond donors (Lipinski definition) is 2. The second-order valence-corrected chi connectivity index (χ2v) is 6.02. The van der Waals surface area contributed by atoms with Crippen molar-refractivity contribution in [1.29, 1.82) is 0 Å². The maximum absolute atomic E-state index is 10.2. The van der Waals surface area contributed by atoms with Crippen LogP contribution in [0, 0.1) is 5.41 Å². The molecule has 0 saturated heterocycles. The van der Waals surface area contributed by atoms with E-state index in [1.54, 1.807) is 12.4 Å². The average molecular weight is 276 g/mol. The number of aliphatic hydroxyl groups excluding tert-OH is 1. The standard InChI is InChI=1S/C16H24N2O2/c1-2-20-15-10-14(16(15)6-3-7-16)18-11-13(19)12-4-8-17-9-5-12/h4-5,8-9,13-15,18-19H,2-3,6-7,10-11H2,1H3. The first kappa shape index (κ1) is 14.0. The first-order valence-corrected chi connectivity index (χ1v) is 7.69. The second kappa shape index (κ2) is 5.80. The average Bonchev–Trinajstić information content (AvgIpc) is 2.41. The van der Waals surface area contributed by atoms with Crippen LogP contribution in [0.1, 0.15) is 44.3 Å². The molecule has 110 valence electrons. The van der Waals surface area contributed by atoms with Crippen LogP contribution in [0.25, 0.3) is 0 Å². The van der Waals surface area contributed by atoms with Gasteiger partial charge in [-0.3, -0.25) is 4.98 Å². The summed E-state index contributed by atoms with van der Waals surface area (Å²) >= 11 is 0. The van der Waals surface area contributed by atoms with Gasteiger partial charge in [-0.15, -0.1) is 0 Å². The maximum atomic E-state index is 10.2. The molecule has 3 unspecified atom stereocenters. The zero-order valence-electron chi connectivity index (χ0n) is 12.1. The van der Waals surface area contributed by atoms with Crippen molar-refractivity contribution in [3.63, 3.8) is 0 Å².